The minimum Gasteiger partial charge on any atom is -0.495 e. The number of nitrogens with two attached hydrogens (primary N) is 1. The molecule has 0 spiro atoms. The predicted octanol–water partition coefficient (Wildman–Crippen LogP) is 2.48. The number of ether oxygens (including phenoxy) is 1. The summed E-state index contributed by atoms with van der Waals surface area (Å²) < 4.78 is 32.2. The zero-order valence-electron chi connectivity index (χ0n) is 12.7. The van der Waals surface area contributed by atoms with Crippen LogP contribution in [0.25, 0.3) is 0 Å². The van der Waals surface area contributed by atoms with Crippen LogP contribution < -0.4 is 10.5 Å². The number of anilines is 1. The zero-order chi connectivity index (χ0) is 15.5. The van der Waals surface area contributed by atoms with Gasteiger partial charge in [-0.2, -0.15) is 4.31 Å². The maximum absolute atomic E-state index is 12.7. The smallest absolute Gasteiger partial charge is 0.243 e. The molecule has 0 saturated carbocycles. The summed E-state index contributed by atoms with van der Waals surface area (Å²) in [5.74, 6) is 1.03. The molecule has 118 valence electrons. The number of rotatable bonds is 4. The molecule has 2 N–H and O–H groups in total. The zero-order valence-corrected chi connectivity index (χ0v) is 13.5. The maximum Gasteiger partial charge on any atom is 0.243 e. The van der Waals surface area contributed by atoms with Crippen LogP contribution in [0, 0.1) is 5.92 Å². The van der Waals surface area contributed by atoms with Crippen molar-refractivity contribution in [3.63, 3.8) is 0 Å². The summed E-state index contributed by atoms with van der Waals surface area (Å²) in [6.45, 7) is 3.35. The standard InChI is InChI=1S/C15H24N2O3S/c1-3-12-5-4-9-17(10-8-12)21(18,19)13-6-7-14(16)15(11-13)20-2/h6-7,11-12H,3-5,8-10,16H2,1-2H3. The van der Waals surface area contributed by atoms with E-state index in [1.807, 2.05) is 0 Å². The van der Waals surface area contributed by atoms with Crippen molar-refractivity contribution in [3.05, 3.63) is 18.2 Å². The van der Waals surface area contributed by atoms with Gasteiger partial charge in [-0.05, 0) is 37.3 Å². The van der Waals surface area contributed by atoms with Gasteiger partial charge in [0, 0.05) is 19.2 Å². The van der Waals surface area contributed by atoms with Crippen LogP contribution in [0.15, 0.2) is 23.1 Å². The highest BCUT2D eigenvalue weighted by molar-refractivity contribution is 7.89. The number of hydrogen-bond donors (Lipinski definition) is 1. The Kier molecular flexibility index (Phi) is 5.11. The molecule has 0 aromatic heterocycles. The van der Waals surface area contributed by atoms with E-state index in [1.165, 1.54) is 13.2 Å². The average Bonchev–Trinajstić information content (AvgIpc) is 2.73. The number of benzene rings is 1. The summed E-state index contributed by atoms with van der Waals surface area (Å²) >= 11 is 0. The minimum absolute atomic E-state index is 0.253. The van der Waals surface area contributed by atoms with Crippen LogP contribution in [-0.4, -0.2) is 32.9 Å². The van der Waals surface area contributed by atoms with Crippen molar-refractivity contribution in [2.75, 3.05) is 25.9 Å². The number of nitrogen functional groups attached to an aromatic ring is 1. The first kappa shape index (κ1) is 16.1. The van der Waals surface area contributed by atoms with Gasteiger partial charge in [-0.15, -0.1) is 0 Å². The second kappa shape index (κ2) is 6.66. The SMILES string of the molecule is CCC1CCCN(S(=O)(=O)c2ccc(N)c(OC)c2)CC1. The molecule has 0 aliphatic carbocycles. The Morgan fingerprint density at radius 1 is 1.33 bits per heavy atom. The number of sulfonamides is 1. The Bertz CT molecular complexity index is 587. The Hall–Kier alpha value is -1.27. The molecule has 5 nitrogen and oxygen atoms in total. The Balaban J connectivity index is 2.25. The second-order valence-electron chi connectivity index (χ2n) is 5.51. The molecule has 21 heavy (non-hydrogen) atoms. The van der Waals surface area contributed by atoms with Crippen LogP contribution >= 0.6 is 0 Å². The molecule has 1 heterocycles. The third-order valence-electron chi connectivity index (χ3n) is 4.23. The van der Waals surface area contributed by atoms with Gasteiger partial charge in [-0.3, -0.25) is 0 Å². The quantitative estimate of drug-likeness (QED) is 0.867. The molecule has 1 fully saturated rings. The number of methoxy groups -OCH3 is 1. The van der Waals surface area contributed by atoms with E-state index in [-0.39, 0.29) is 4.90 Å². The lowest BCUT2D eigenvalue weighted by atomic mass is 9.98. The summed E-state index contributed by atoms with van der Waals surface area (Å²) in [5, 5.41) is 0. The van der Waals surface area contributed by atoms with Crippen molar-refractivity contribution in [2.45, 2.75) is 37.5 Å². The van der Waals surface area contributed by atoms with Crippen molar-refractivity contribution in [1.82, 2.24) is 4.31 Å². The molecule has 1 aromatic carbocycles. The van der Waals surface area contributed by atoms with Gasteiger partial charge in [0.15, 0.2) is 0 Å². The highest BCUT2D eigenvalue weighted by atomic mass is 32.2. The lowest BCUT2D eigenvalue weighted by molar-refractivity contribution is 0.404. The molecule has 1 saturated heterocycles. The monoisotopic (exact) mass is 312 g/mol. The van der Waals surface area contributed by atoms with Crippen molar-refractivity contribution in [3.8, 4) is 5.75 Å². The van der Waals surface area contributed by atoms with Gasteiger partial charge in [-0.1, -0.05) is 13.3 Å². The van der Waals surface area contributed by atoms with Gasteiger partial charge in [0.2, 0.25) is 10.0 Å². The molecule has 2 rings (SSSR count). The van der Waals surface area contributed by atoms with E-state index in [9.17, 15) is 8.42 Å². The molecule has 1 atom stereocenters. The fourth-order valence-electron chi connectivity index (χ4n) is 2.79. The largest absolute Gasteiger partial charge is 0.495 e. The predicted molar refractivity (Wildman–Crippen MR) is 83.8 cm³/mol. The van der Waals surface area contributed by atoms with Crippen LogP contribution in [0.4, 0.5) is 5.69 Å². The first-order chi connectivity index (χ1) is 9.98. The van der Waals surface area contributed by atoms with E-state index in [4.69, 9.17) is 10.5 Å². The summed E-state index contributed by atoms with van der Waals surface area (Å²) in [7, 11) is -1.98. The van der Waals surface area contributed by atoms with Gasteiger partial charge in [-0.25, -0.2) is 8.42 Å². The van der Waals surface area contributed by atoms with E-state index >= 15 is 0 Å². The summed E-state index contributed by atoms with van der Waals surface area (Å²) in [5.41, 5.74) is 6.19. The van der Waals surface area contributed by atoms with Crippen molar-refractivity contribution < 1.29 is 13.2 Å². The summed E-state index contributed by atoms with van der Waals surface area (Å²) in [6.07, 6.45) is 4.07. The first-order valence-electron chi connectivity index (χ1n) is 7.42. The van der Waals surface area contributed by atoms with Crippen LogP contribution in [0.2, 0.25) is 0 Å². The molecule has 0 amide bonds. The lowest BCUT2D eigenvalue weighted by Crippen LogP contribution is -2.32. The highest BCUT2D eigenvalue weighted by Crippen LogP contribution is 2.29. The van der Waals surface area contributed by atoms with Crippen LogP contribution in [0.3, 0.4) is 0 Å². The molecule has 1 aromatic rings. The molecule has 1 unspecified atom stereocenters. The van der Waals surface area contributed by atoms with Gasteiger partial charge in [0.1, 0.15) is 5.75 Å². The Labute approximate surface area is 127 Å². The molecule has 1 aliphatic heterocycles. The normalized spacial score (nSPS) is 21.0. The van der Waals surface area contributed by atoms with E-state index < -0.39 is 10.0 Å². The fraction of sp³-hybridized carbons (Fsp3) is 0.600. The third kappa shape index (κ3) is 3.49. The highest BCUT2D eigenvalue weighted by Gasteiger charge is 2.27. The topological polar surface area (TPSA) is 72.6 Å². The van der Waals surface area contributed by atoms with Gasteiger partial charge < -0.3 is 10.5 Å². The van der Waals surface area contributed by atoms with Crippen LogP contribution in [0.1, 0.15) is 32.6 Å². The molecule has 0 bridgehead atoms. The van der Waals surface area contributed by atoms with Gasteiger partial charge in [0.25, 0.3) is 0 Å². The molecule has 0 radical (unpaired) electrons. The maximum atomic E-state index is 12.7. The van der Waals surface area contributed by atoms with Crippen LogP contribution in [0.5, 0.6) is 5.75 Å². The summed E-state index contributed by atoms with van der Waals surface area (Å²) in [4.78, 5) is 0.253. The molecular weight excluding hydrogens is 288 g/mol. The first-order valence-corrected chi connectivity index (χ1v) is 8.86. The number of nitrogens with zero attached hydrogens (tertiary/aromatic N) is 1. The Morgan fingerprint density at radius 3 is 2.76 bits per heavy atom. The van der Waals surface area contributed by atoms with E-state index in [0.29, 0.717) is 30.4 Å². The van der Waals surface area contributed by atoms with E-state index in [1.54, 1.807) is 16.4 Å². The van der Waals surface area contributed by atoms with Gasteiger partial charge >= 0.3 is 0 Å². The average molecular weight is 312 g/mol. The lowest BCUT2D eigenvalue weighted by Gasteiger charge is -2.20. The Morgan fingerprint density at radius 2 is 2.10 bits per heavy atom. The second-order valence-corrected chi connectivity index (χ2v) is 7.45. The minimum atomic E-state index is -3.47. The van der Waals surface area contributed by atoms with Crippen molar-refractivity contribution in [2.24, 2.45) is 5.92 Å². The fourth-order valence-corrected chi connectivity index (χ4v) is 4.30. The molecular formula is C15H24N2O3S. The van der Waals surface area contributed by atoms with Crippen molar-refractivity contribution >= 4 is 15.7 Å². The van der Waals surface area contributed by atoms with Crippen molar-refractivity contribution in [1.29, 1.82) is 0 Å². The van der Waals surface area contributed by atoms with Gasteiger partial charge in [0.05, 0.1) is 17.7 Å². The third-order valence-corrected chi connectivity index (χ3v) is 6.12. The van der Waals surface area contributed by atoms with E-state index in [2.05, 4.69) is 6.92 Å². The molecule has 6 heteroatoms. The number of hydrogen-bond acceptors (Lipinski definition) is 4. The van der Waals surface area contributed by atoms with Crippen LogP contribution in [-0.2, 0) is 10.0 Å². The molecule has 1 aliphatic rings. The van der Waals surface area contributed by atoms with E-state index in [0.717, 1.165) is 25.7 Å². The summed E-state index contributed by atoms with van der Waals surface area (Å²) in [6, 6.07) is 4.64.